The van der Waals surface area contributed by atoms with Crippen LogP contribution in [-0.2, 0) is 0 Å². The molecular formula is C15H23NS. The first kappa shape index (κ1) is 12.9. The lowest BCUT2D eigenvalue weighted by atomic mass is 9.72. The number of thioether (sulfide) groups is 1. The number of hydrogen-bond donors (Lipinski definition) is 0. The van der Waals surface area contributed by atoms with E-state index in [1.807, 2.05) is 24.0 Å². The largest absolute Gasteiger partial charge is 0.250 e. The molecule has 0 N–H and O–H groups in total. The minimum atomic E-state index is 0.487. The van der Waals surface area contributed by atoms with Gasteiger partial charge in [-0.15, -0.1) is 11.8 Å². The van der Waals surface area contributed by atoms with Crippen molar-refractivity contribution in [2.45, 2.75) is 56.7 Å². The first-order chi connectivity index (χ1) is 8.05. The van der Waals surface area contributed by atoms with Crippen molar-refractivity contribution >= 4 is 11.8 Å². The summed E-state index contributed by atoms with van der Waals surface area (Å²) in [6, 6.07) is 6.19. The van der Waals surface area contributed by atoms with Gasteiger partial charge in [0.05, 0.1) is 5.03 Å². The van der Waals surface area contributed by atoms with Crippen LogP contribution in [0.4, 0.5) is 0 Å². The van der Waals surface area contributed by atoms with Crippen LogP contribution in [0.2, 0.25) is 0 Å². The molecule has 0 spiro atoms. The Morgan fingerprint density at radius 3 is 2.35 bits per heavy atom. The summed E-state index contributed by atoms with van der Waals surface area (Å²) in [4.78, 5) is 4.40. The van der Waals surface area contributed by atoms with Crippen molar-refractivity contribution in [3.05, 3.63) is 24.4 Å². The molecule has 0 unspecified atom stereocenters. The van der Waals surface area contributed by atoms with Gasteiger partial charge < -0.3 is 0 Å². The van der Waals surface area contributed by atoms with E-state index in [-0.39, 0.29) is 0 Å². The molecule has 0 aliphatic heterocycles. The summed E-state index contributed by atoms with van der Waals surface area (Å²) in [6.45, 7) is 7.14. The minimum Gasteiger partial charge on any atom is -0.250 e. The molecule has 0 bridgehead atoms. The molecule has 1 aliphatic carbocycles. The molecule has 0 aromatic carbocycles. The van der Waals surface area contributed by atoms with Crippen molar-refractivity contribution in [1.29, 1.82) is 0 Å². The second-order valence-corrected chi connectivity index (χ2v) is 7.45. The maximum Gasteiger partial charge on any atom is 0.0962 e. The van der Waals surface area contributed by atoms with Gasteiger partial charge >= 0.3 is 0 Å². The van der Waals surface area contributed by atoms with E-state index in [0.29, 0.717) is 5.41 Å². The van der Waals surface area contributed by atoms with Crippen molar-refractivity contribution in [2.24, 2.45) is 11.3 Å². The fourth-order valence-electron chi connectivity index (χ4n) is 2.63. The molecule has 2 heteroatoms. The lowest BCUT2D eigenvalue weighted by molar-refractivity contribution is 0.182. The van der Waals surface area contributed by atoms with Gasteiger partial charge in [0.15, 0.2) is 0 Å². The van der Waals surface area contributed by atoms with Gasteiger partial charge in [0.25, 0.3) is 0 Å². The van der Waals surface area contributed by atoms with Crippen LogP contribution in [0.5, 0.6) is 0 Å². The highest BCUT2D eigenvalue weighted by atomic mass is 32.2. The van der Waals surface area contributed by atoms with Crippen LogP contribution in [-0.4, -0.2) is 10.2 Å². The molecule has 17 heavy (non-hydrogen) atoms. The molecule has 1 aromatic heterocycles. The molecule has 1 aromatic rings. The van der Waals surface area contributed by atoms with Gasteiger partial charge in [0.2, 0.25) is 0 Å². The molecule has 1 nitrogen and oxygen atoms in total. The summed E-state index contributed by atoms with van der Waals surface area (Å²) in [7, 11) is 0. The third-order valence-corrected chi connectivity index (χ3v) is 5.11. The van der Waals surface area contributed by atoms with E-state index < -0.39 is 0 Å². The summed E-state index contributed by atoms with van der Waals surface area (Å²) in [5, 5.41) is 1.97. The standard InChI is InChI=1S/C15H23NS/c1-15(2,3)12-7-9-13(10-8-12)17-14-6-4-5-11-16-14/h4-6,11-13H,7-10H2,1-3H3. The zero-order chi connectivity index (χ0) is 12.3. The van der Waals surface area contributed by atoms with E-state index in [2.05, 4.69) is 37.9 Å². The SMILES string of the molecule is CC(C)(C)C1CCC(Sc2ccccn2)CC1. The van der Waals surface area contributed by atoms with Crippen molar-refractivity contribution in [3.63, 3.8) is 0 Å². The van der Waals surface area contributed by atoms with Gasteiger partial charge in [-0.05, 0) is 49.1 Å². The highest BCUT2D eigenvalue weighted by Crippen LogP contribution is 2.42. The molecule has 0 saturated heterocycles. The highest BCUT2D eigenvalue weighted by Gasteiger charge is 2.29. The van der Waals surface area contributed by atoms with Crippen molar-refractivity contribution in [2.75, 3.05) is 0 Å². The normalized spacial score (nSPS) is 25.8. The van der Waals surface area contributed by atoms with Crippen molar-refractivity contribution in [3.8, 4) is 0 Å². The average Bonchev–Trinajstić information content (AvgIpc) is 2.30. The molecule has 0 atom stereocenters. The fourth-order valence-corrected chi connectivity index (χ4v) is 3.76. The highest BCUT2D eigenvalue weighted by molar-refractivity contribution is 7.99. The number of rotatable bonds is 2. The van der Waals surface area contributed by atoms with E-state index in [4.69, 9.17) is 0 Å². The van der Waals surface area contributed by atoms with Gasteiger partial charge in [0, 0.05) is 11.4 Å². The predicted molar refractivity (Wildman–Crippen MR) is 75.3 cm³/mol. The third kappa shape index (κ3) is 3.74. The molecule has 2 rings (SSSR count). The van der Waals surface area contributed by atoms with Gasteiger partial charge in [-0.25, -0.2) is 4.98 Å². The first-order valence-corrected chi connectivity index (χ1v) is 7.51. The van der Waals surface area contributed by atoms with Crippen LogP contribution in [0.15, 0.2) is 29.4 Å². The van der Waals surface area contributed by atoms with Gasteiger partial charge in [-0.1, -0.05) is 26.8 Å². The first-order valence-electron chi connectivity index (χ1n) is 6.63. The van der Waals surface area contributed by atoms with E-state index in [1.165, 1.54) is 30.7 Å². The van der Waals surface area contributed by atoms with Gasteiger partial charge in [-0.3, -0.25) is 0 Å². The van der Waals surface area contributed by atoms with Crippen LogP contribution in [0.25, 0.3) is 0 Å². The van der Waals surface area contributed by atoms with Crippen LogP contribution in [0.3, 0.4) is 0 Å². The Bertz CT molecular complexity index is 334. The number of aromatic nitrogens is 1. The molecule has 1 aliphatic rings. The summed E-state index contributed by atoms with van der Waals surface area (Å²) in [5.74, 6) is 0.906. The maximum atomic E-state index is 4.40. The lowest BCUT2D eigenvalue weighted by Crippen LogP contribution is -2.26. The molecule has 0 radical (unpaired) electrons. The Kier molecular flexibility index (Phi) is 4.13. The summed E-state index contributed by atoms with van der Waals surface area (Å²) >= 11 is 1.97. The van der Waals surface area contributed by atoms with E-state index in [1.54, 1.807) is 0 Å². The van der Waals surface area contributed by atoms with E-state index in [9.17, 15) is 0 Å². The van der Waals surface area contributed by atoms with E-state index in [0.717, 1.165) is 11.2 Å². The molecule has 1 saturated carbocycles. The average molecular weight is 249 g/mol. The lowest BCUT2D eigenvalue weighted by Gasteiger charge is -2.36. The summed E-state index contributed by atoms with van der Waals surface area (Å²) in [5.41, 5.74) is 0.487. The smallest absolute Gasteiger partial charge is 0.0962 e. The van der Waals surface area contributed by atoms with Crippen LogP contribution >= 0.6 is 11.8 Å². The van der Waals surface area contributed by atoms with Crippen molar-refractivity contribution in [1.82, 2.24) is 4.98 Å². The Balaban J connectivity index is 1.84. The Labute approximate surface area is 109 Å². The predicted octanol–water partition coefficient (Wildman–Crippen LogP) is 4.78. The van der Waals surface area contributed by atoms with Crippen molar-refractivity contribution < 1.29 is 0 Å². The molecular weight excluding hydrogens is 226 g/mol. The van der Waals surface area contributed by atoms with Gasteiger partial charge in [-0.2, -0.15) is 0 Å². The number of nitrogens with zero attached hydrogens (tertiary/aromatic N) is 1. The third-order valence-electron chi connectivity index (χ3n) is 3.82. The van der Waals surface area contributed by atoms with Gasteiger partial charge in [0.1, 0.15) is 0 Å². The topological polar surface area (TPSA) is 12.9 Å². The molecule has 0 amide bonds. The van der Waals surface area contributed by atoms with Crippen LogP contribution in [0, 0.1) is 11.3 Å². The second-order valence-electron chi connectivity index (χ2n) is 6.13. The molecule has 94 valence electrons. The zero-order valence-corrected chi connectivity index (χ0v) is 12.0. The molecule has 1 heterocycles. The fraction of sp³-hybridized carbons (Fsp3) is 0.667. The maximum absolute atomic E-state index is 4.40. The number of hydrogen-bond acceptors (Lipinski definition) is 2. The van der Waals surface area contributed by atoms with Crippen LogP contribution < -0.4 is 0 Å². The molecule has 1 fully saturated rings. The Morgan fingerprint density at radius 2 is 1.82 bits per heavy atom. The Morgan fingerprint density at radius 1 is 1.12 bits per heavy atom. The quantitative estimate of drug-likeness (QED) is 0.748. The van der Waals surface area contributed by atoms with Crippen LogP contribution in [0.1, 0.15) is 46.5 Å². The monoisotopic (exact) mass is 249 g/mol. The Hall–Kier alpha value is -0.500. The van der Waals surface area contributed by atoms with E-state index >= 15 is 0 Å². The minimum absolute atomic E-state index is 0.487. The number of pyridine rings is 1. The summed E-state index contributed by atoms with van der Waals surface area (Å²) < 4.78 is 0. The summed E-state index contributed by atoms with van der Waals surface area (Å²) in [6.07, 6.45) is 7.36. The zero-order valence-electron chi connectivity index (χ0n) is 11.1. The second kappa shape index (κ2) is 5.43.